The van der Waals surface area contributed by atoms with Crippen LogP contribution in [0.2, 0.25) is 0 Å². The number of benzene rings is 2. The van der Waals surface area contributed by atoms with Crippen LogP contribution in [-0.4, -0.2) is 35.4 Å². The van der Waals surface area contributed by atoms with E-state index in [0.717, 1.165) is 16.7 Å². The average Bonchev–Trinajstić information content (AvgIpc) is 2.67. The predicted octanol–water partition coefficient (Wildman–Crippen LogP) is 3.93. The van der Waals surface area contributed by atoms with Crippen molar-refractivity contribution in [3.8, 4) is 5.75 Å². The minimum absolute atomic E-state index is 0.00746. The molecule has 29 heavy (non-hydrogen) atoms. The molecule has 0 radical (unpaired) electrons. The van der Waals surface area contributed by atoms with Gasteiger partial charge in [-0.2, -0.15) is 0 Å². The first-order chi connectivity index (χ1) is 13.7. The number of nitrogens with zero attached hydrogens (tertiary/aromatic N) is 1. The van der Waals surface area contributed by atoms with E-state index in [1.54, 1.807) is 11.8 Å². The van der Waals surface area contributed by atoms with E-state index in [0.29, 0.717) is 12.3 Å². The Balaban J connectivity index is 2.15. The van der Waals surface area contributed by atoms with Crippen LogP contribution in [-0.2, 0) is 16.1 Å². The first-order valence-electron chi connectivity index (χ1n) is 10.0. The fourth-order valence-electron chi connectivity index (χ4n) is 2.91. The monoisotopic (exact) mass is 396 g/mol. The van der Waals surface area contributed by atoms with E-state index in [-0.39, 0.29) is 24.5 Å². The number of ether oxygens (including phenoxy) is 1. The topological polar surface area (TPSA) is 58.6 Å². The lowest BCUT2D eigenvalue weighted by atomic mass is 10.1. The smallest absolute Gasteiger partial charge is 0.261 e. The molecule has 0 aliphatic rings. The summed E-state index contributed by atoms with van der Waals surface area (Å²) in [4.78, 5) is 27.1. The highest BCUT2D eigenvalue weighted by Gasteiger charge is 2.26. The van der Waals surface area contributed by atoms with E-state index in [9.17, 15) is 9.59 Å². The van der Waals surface area contributed by atoms with Crippen LogP contribution in [0, 0.1) is 20.8 Å². The van der Waals surface area contributed by atoms with Crippen LogP contribution < -0.4 is 10.1 Å². The molecule has 0 aliphatic heterocycles. The van der Waals surface area contributed by atoms with Gasteiger partial charge in [-0.15, -0.1) is 0 Å². The Morgan fingerprint density at radius 1 is 0.966 bits per heavy atom. The minimum Gasteiger partial charge on any atom is -0.484 e. The first-order valence-corrected chi connectivity index (χ1v) is 10.0. The van der Waals surface area contributed by atoms with Gasteiger partial charge in [-0.05, 0) is 70.4 Å². The van der Waals surface area contributed by atoms with E-state index in [1.165, 1.54) is 5.56 Å². The van der Waals surface area contributed by atoms with Gasteiger partial charge in [-0.3, -0.25) is 9.59 Å². The maximum atomic E-state index is 13.0. The lowest BCUT2D eigenvalue weighted by Crippen LogP contribution is -2.50. The number of amides is 2. The minimum atomic E-state index is -0.602. The molecule has 2 amide bonds. The standard InChI is InChI=1S/C24H32N2O3/c1-16(2)25-24(28)20(6)26(14-21-10-7-17(3)8-11-21)23(27)15-29-22-12-9-18(4)19(5)13-22/h7-13,16,20H,14-15H2,1-6H3,(H,25,28). The molecule has 0 saturated heterocycles. The fourth-order valence-corrected chi connectivity index (χ4v) is 2.91. The normalized spacial score (nSPS) is 11.8. The number of hydrogen-bond acceptors (Lipinski definition) is 3. The van der Waals surface area contributed by atoms with Gasteiger partial charge < -0.3 is 15.0 Å². The molecule has 2 aromatic rings. The first kappa shape index (κ1) is 22.5. The van der Waals surface area contributed by atoms with Gasteiger partial charge in [0.15, 0.2) is 6.61 Å². The molecule has 0 aromatic heterocycles. The molecule has 156 valence electrons. The summed E-state index contributed by atoms with van der Waals surface area (Å²) in [5, 5.41) is 2.89. The van der Waals surface area contributed by atoms with Crippen molar-refractivity contribution in [3.63, 3.8) is 0 Å². The van der Waals surface area contributed by atoms with Crippen molar-refractivity contribution >= 4 is 11.8 Å². The SMILES string of the molecule is Cc1ccc(CN(C(=O)COc2ccc(C)c(C)c2)C(C)C(=O)NC(C)C)cc1. The number of nitrogens with one attached hydrogen (secondary N) is 1. The van der Waals surface area contributed by atoms with Gasteiger partial charge in [0, 0.05) is 12.6 Å². The average molecular weight is 397 g/mol. The summed E-state index contributed by atoms with van der Waals surface area (Å²) in [5.74, 6) is 0.248. The summed E-state index contributed by atoms with van der Waals surface area (Å²) in [6.07, 6.45) is 0. The van der Waals surface area contributed by atoms with E-state index < -0.39 is 6.04 Å². The van der Waals surface area contributed by atoms with Crippen LogP contribution in [0.25, 0.3) is 0 Å². The molecular formula is C24H32N2O3. The van der Waals surface area contributed by atoms with Crippen molar-refractivity contribution in [1.29, 1.82) is 0 Å². The van der Waals surface area contributed by atoms with E-state index >= 15 is 0 Å². The highest BCUT2D eigenvalue weighted by atomic mass is 16.5. The zero-order chi connectivity index (χ0) is 21.6. The van der Waals surface area contributed by atoms with Crippen molar-refractivity contribution in [2.75, 3.05) is 6.61 Å². The van der Waals surface area contributed by atoms with Gasteiger partial charge in [-0.1, -0.05) is 35.9 Å². The maximum absolute atomic E-state index is 13.0. The largest absolute Gasteiger partial charge is 0.484 e. The molecule has 0 saturated carbocycles. The second-order valence-corrected chi connectivity index (χ2v) is 7.88. The van der Waals surface area contributed by atoms with Gasteiger partial charge in [0.1, 0.15) is 11.8 Å². The van der Waals surface area contributed by atoms with E-state index in [2.05, 4.69) is 5.32 Å². The molecule has 0 bridgehead atoms. The summed E-state index contributed by atoms with van der Waals surface area (Å²) in [6, 6.07) is 13.1. The Kier molecular flexibility index (Phi) is 7.82. The second kappa shape index (κ2) is 10.1. The van der Waals surface area contributed by atoms with Gasteiger partial charge >= 0.3 is 0 Å². The third-order valence-corrected chi connectivity index (χ3v) is 4.91. The molecule has 5 nitrogen and oxygen atoms in total. The molecule has 5 heteroatoms. The molecule has 2 rings (SSSR count). The lowest BCUT2D eigenvalue weighted by Gasteiger charge is -2.29. The van der Waals surface area contributed by atoms with Crippen LogP contribution in [0.15, 0.2) is 42.5 Å². The van der Waals surface area contributed by atoms with Gasteiger partial charge in [0.2, 0.25) is 5.91 Å². The van der Waals surface area contributed by atoms with Crippen molar-refractivity contribution in [2.24, 2.45) is 0 Å². The van der Waals surface area contributed by atoms with Crippen LogP contribution in [0.1, 0.15) is 43.0 Å². The molecule has 1 unspecified atom stereocenters. The maximum Gasteiger partial charge on any atom is 0.261 e. The van der Waals surface area contributed by atoms with E-state index in [1.807, 2.05) is 77.1 Å². The molecule has 0 spiro atoms. The van der Waals surface area contributed by atoms with Crippen LogP contribution in [0.3, 0.4) is 0 Å². The van der Waals surface area contributed by atoms with Gasteiger partial charge in [0.25, 0.3) is 5.91 Å². The van der Waals surface area contributed by atoms with Crippen molar-refractivity contribution in [3.05, 3.63) is 64.7 Å². The molecule has 0 aliphatic carbocycles. The van der Waals surface area contributed by atoms with Crippen LogP contribution in [0.4, 0.5) is 0 Å². The van der Waals surface area contributed by atoms with E-state index in [4.69, 9.17) is 4.74 Å². The molecule has 2 aromatic carbocycles. The summed E-state index contributed by atoms with van der Waals surface area (Å²) >= 11 is 0. The second-order valence-electron chi connectivity index (χ2n) is 7.88. The number of hydrogen-bond donors (Lipinski definition) is 1. The molecule has 0 fully saturated rings. The number of carbonyl (C=O) groups is 2. The number of aryl methyl sites for hydroxylation is 3. The summed E-state index contributed by atoms with van der Waals surface area (Å²) in [5.41, 5.74) is 4.40. The van der Waals surface area contributed by atoms with Crippen molar-refractivity contribution in [1.82, 2.24) is 10.2 Å². The Morgan fingerprint density at radius 2 is 1.62 bits per heavy atom. The third-order valence-electron chi connectivity index (χ3n) is 4.91. The number of rotatable bonds is 8. The summed E-state index contributed by atoms with van der Waals surface area (Å²) in [6.45, 7) is 11.8. The number of carbonyl (C=O) groups excluding carboxylic acids is 2. The Bertz CT molecular complexity index is 844. The zero-order valence-electron chi connectivity index (χ0n) is 18.3. The lowest BCUT2D eigenvalue weighted by molar-refractivity contribution is -0.142. The summed E-state index contributed by atoms with van der Waals surface area (Å²) in [7, 11) is 0. The molecule has 1 atom stereocenters. The highest BCUT2D eigenvalue weighted by Crippen LogP contribution is 2.17. The molecular weight excluding hydrogens is 364 g/mol. The fraction of sp³-hybridized carbons (Fsp3) is 0.417. The van der Waals surface area contributed by atoms with Crippen LogP contribution in [0.5, 0.6) is 5.75 Å². The Morgan fingerprint density at radius 3 is 2.21 bits per heavy atom. The van der Waals surface area contributed by atoms with Gasteiger partial charge in [-0.25, -0.2) is 0 Å². The highest BCUT2D eigenvalue weighted by molar-refractivity contribution is 5.88. The van der Waals surface area contributed by atoms with Crippen molar-refractivity contribution in [2.45, 2.75) is 60.2 Å². The van der Waals surface area contributed by atoms with Crippen molar-refractivity contribution < 1.29 is 14.3 Å². The molecule has 0 heterocycles. The quantitative estimate of drug-likeness (QED) is 0.735. The summed E-state index contributed by atoms with van der Waals surface area (Å²) < 4.78 is 5.73. The van der Waals surface area contributed by atoms with Crippen LogP contribution >= 0.6 is 0 Å². The Hall–Kier alpha value is -2.82. The Labute approximate surface area is 174 Å². The predicted molar refractivity (Wildman–Crippen MR) is 116 cm³/mol. The zero-order valence-corrected chi connectivity index (χ0v) is 18.3. The van der Waals surface area contributed by atoms with Gasteiger partial charge in [0.05, 0.1) is 0 Å². The molecule has 1 N–H and O–H groups in total. The third kappa shape index (κ3) is 6.63.